The first-order chi connectivity index (χ1) is 12.1. The lowest BCUT2D eigenvalue weighted by Crippen LogP contribution is -2.43. The summed E-state index contributed by atoms with van der Waals surface area (Å²) in [6, 6.07) is 9.63. The topological polar surface area (TPSA) is 81.9 Å². The number of nitrogens with zero attached hydrogens (tertiary/aromatic N) is 1. The monoisotopic (exact) mass is 348 g/mol. The molecule has 138 valence electrons. The smallest absolute Gasteiger partial charge is 0.310 e. The molecule has 2 rings (SSSR count). The lowest BCUT2D eigenvalue weighted by atomic mass is 9.80. The van der Waals surface area contributed by atoms with Crippen molar-refractivity contribution >= 4 is 11.9 Å². The Morgan fingerprint density at radius 1 is 1.16 bits per heavy atom. The molecule has 1 aromatic carbocycles. The van der Waals surface area contributed by atoms with Crippen molar-refractivity contribution < 1.29 is 19.1 Å². The number of carbonyl (C=O) groups excluding carboxylic acids is 2. The van der Waals surface area contributed by atoms with E-state index in [2.05, 4.69) is 0 Å². The minimum atomic E-state index is -0.392. The first kappa shape index (κ1) is 19.4. The van der Waals surface area contributed by atoms with E-state index in [9.17, 15) is 9.59 Å². The van der Waals surface area contributed by atoms with Crippen LogP contribution in [0.2, 0.25) is 0 Å². The molecule has 0 saturated heterocycles. The van der Waals surface area contributed by atoms with E-state index in [0.717, 1.165) is 31.2 Å². The molecule has 6 nitrogen and oxygen atoms in total. The van der Waals surface area contributed by atoms with Crippen LogP contribution in [0.5, 0.6) is 0 Å². The van der Waals surface area contributed by atoms with Gasteiger partial charge in [0.2, 0.25) is 0 Å². The zero-order valence-electron chi connectivity index (χ0n) is 14.9. The Kier molecular flexibility index (Phi) is 7.88. The first-order valence-corrected chi connectivity index (χ1v) is 8.90. The van der Waals surface area contributed by atoms with Crippen molar-refractivity contribution in [2.75, 3.05) is 13.3 Å². The number of hydrazine groups is 1. The van der Waals surface area contributed by atoms with Crippen molar-refractivity contribution in [3.63, 3.8) is 0 Å². The number of hydrogen-bond donors (Lipinski definition) is 1. The molecule has 0 spiro atoms. The molecule has 25 heavy (non-hydrogen) atoms. The summed E-state index contributed by atoms with van der Waals surface area (Å²) in [6.45, 7) is 1.90. The summed E-state index contributed by atoms with van der Waals surface area (Å²) in [4.78, 5) is 23.6. The Balaban J connectivity index is 1.94. The zero-order chi connectivity index (χ0) is 18.1. The summed E-state index contributed by atoms with van der Waals surface area (Å²) in [5.41, 5.74) is 0.961. The Morgan fingerprint density at radius 3 is 2.48 bits per heavy atom. The summed E-state index contributed by atoms with van der Waals surface area (Å²) in [5, 5.41) is 1.38. The number of rotatable bonds is 8. The predicted octanol–water partition coefficient (Wildman–Crippen LogP) is 2.62. The molecule has 2 N–H and O–H groups in total. The Labute approximate surface area is 149 Å². The van der Waals surface area contributed by atoms with Gasteiger partial charge in [-0.05, 0) is 24.3 Å². The molecule has 1 aliphatic rings. The average molecular weight is 348 g/mol. The van der Waals surface area contributed by atoms with Crippen LogP contribution in [0.15, 0.2) is 30.3 Å². The summed E-state index contributed by atoms with van der Waals surface area (Å²) >= 11 is 0. The average Bonchev–Trinajstić information content (AvgIpc) is 2.64. The molecule has 0 radical (unpaired) electrons. The fourth-order valence-corrected chi connectivity index (χ4v) is 3.27. The molecular formula is C19H28N2O4. The second-order valence-electron chi connectivity index (χ2n) is 6.63. The van der Waals surface area contributed by atoms with Crippen LogP contribution in [0, 0.1) is 11.8 Å². The Hall–Kier alpha value is -1.92. The quantitative estimate of drug-likeness (QED) is 0.337. The van der Waals surface area contributed by atoms with Crippen LogP contribution in [0.25, 0.3) is 0 Å². The molecule has 0 amide bonds. The number of carbonyl (C=O) groups is 2. The van der Waals surface area contributed by atoms with E-state index in [4.69, 9.17) is 15.3 Å². The van der Waals surface area contributed by atoms with Gasteiger partial charge in [0, 0.05) is 13.5 Å². The molecule has 1 atom stereocenters. The standard InChI is InChI=1S/C19H28N2O4/c1-15(22)25-14-21(20)12-18(17-10-6-3-7-11-17)19(23)24-13-16-8-4-2-5-9-16/h2,4-5,8-9,17-18H,3,6-7,10-14,20H2,1H3. The van der Waals surface area contributed by atoms with Crippen LogP contribution in [-0.2, 0) is 25.7 Å². The molecule has 0 heterocycles. The van der Waals surface area contributed by atoms with Crippen LogP contribution in [0.1, 0.15) is 44.6 Å². The first-order valence-electron chi connectivity index (χ1n) is 8.90. The lowest BCUT2D eigenvalue weighted by molar-refractivity contribution is -0.155. The van der Waals surface area contributed by atoms with Gasteiger partial charge < -0.3 is 9.47 Å². The van der Waals surface area contributed by atoms with Gasteiger partial charge in [-0.25, -0.2) is 5.01 Å². The molecular weight excluding hydrogens is 320 g/mol. The van der Waals surface area contributed by atoms with Crippen molar-refractivity contribution in [3.05, 3.63) is 35.9 Å². The summed E-state index contributed by atoms with van der Waals surface area (Å²) < 4.78 is 10.5. The van der Waals surface area contributed by atoms with Gasteiger partial charge in [-0.2, -0.15) is 0 Å². The minimum Gasteiger partial charge on any atom is -0.461 e. The van der Waals surface area contributed by atoms with Crippen LogP contribution in [0.3, 0.4) is 0 Å². The van der Waals surface area contributed by atoms with E-state index in [1.165, 1.54) is 18.4 Å². The van der Waals surface area contributed by atoms with E-state index >= 15 is 0 Å². The molecule has 0 aromatic heterocycles. The number of esters is 2. The lowest BCUT2D eigenvalue weighted by Gasteiger charge is -2.31. The molecule has 6 heteroatoms. The van der Waals surface area contributed by atoms with E-state index in [-0.39, 0.29) is 31.1 Å². The van der Waals surface area contributed by atoms with E-state index in [0.29, 0.717) is 6.54 Å². The molecule has 1 fully saturated rings. The molecule has 1 aliphatic carbocycles. The fourth-order valence-electron chi connectivity index (χ4n) is 3.27. The molecule has 1 saturated carbocycles. The normalized spacial score (nSPS) is 16.4. The van der Waals surface area contributed by atoms with Crippen molar-refractivity contribution in [3.8, 4) is 0 Å². The third-order valence-corrected chi connectivity index (χ3v) is 4.61. The molecule has 0 aliphatic heterocycles. The van der Waals surface area contributed by atoms with E-state index < -0.39 is 5.97 Å². The molecule has 1 aromatic rings. The van der Waals surface area contributed by atoms with Crippen molar-refractivity contribution in [2.45, 2.75) is 45.6 Å². The zero-order valence-corrected chi connectivity index (χ0v) is 14.9. The number of ether oxygens (including phenoxy) is 2. The van der Waals surface area contributed by atoms with Crippen molar-refractivity contribution in [2.24, 2.45) is 17.7 Å². The largest absolute Gasteiger partial charge is 0.461 e. The van der Waals surface area contributed by atoms with Gasteiger partial charge in [-0.1, -0.05) is 49.6 Å². The minimum absolute atomic E-state index is 0.0233. The highest BCUT2D eigenvalue weighted by atomic mass is 16.5. The SMILES string of the molecule is CC(=O)OCN(N)CC(C(=O)OCc1ccccc1)C1CCCCC1. The van der Waals surface area contributed by atoms with Gasteiger partial charge in [0.25, 0.3) is 0 Å². The van der Waals surface area contributed by atoms with Crippen molar-refractivity contribution in [1.82, 2.24) is 5.01 Å². The Bertz CT molecular complexity index is 544. The maximum absolute atomic E-state index is 12.7. The summed E-state index contributed by atoms with van der Waals surface area (Å²) in [5.74, 6) is 5.27. The second-order valence-corrected chi connectivity index (χ2v) is 6.63. The number of benzene rings is 1. The highest BCUT2D eigenvalue weighted by molar-refractivity contribution is 5.73. The van der Waals surface area contributed by atoms with E-state index in [1.807, 2.05) is 30.3 Å². The highest BCUT2D eigenvalue weighted by Crippen LogP contribution is 2.31. The van der Waals surface area contributed by atoms with Gasteiger partial charge in [0.1, 0.15) is 6.61 Å². The predicted molar refractivity (Wildman–Crippen MR) is 93.8 cm³/mol. The third-order valence-electron chi connectivity index (χ3n) is 4.61. The second kappa shape index (κ2) is 10.2. The molecule has 0 bridgehead atoms. The van der Waals surface area contributed by atoms with Crippen LogP contribution in [-0.4, -0.2) is 30.2 Å². The third kappa shape index (κ3) is 6.84. The van der Waals surface area contributed by atoms with Gasteiger partial charge in [-0.3, -0.25) is 15.4 Å². The van der Waals surface area contributed by atoms with Crippen LogP contribution in [0.4, 0.5) is 0 Å². The van der Waals surface area contributed by atoms with Gasteiger partial charge in [-0.15, -0.1) is 0 Å². The van der Waals surface area contributed by atoms with E-state index in [1.54, 1.807) is 0 Å². The fraction of sp³-hybridized carbons (Fsp3) is 0.579. The maximum atomic E-state index is 12.7. The van der Waals surface area contributed by atoms with Crippen LogP contribution < -0.4 is 5.84 Å². The molecule has 1 unspecified atom stereocenters. The van der Waals surface area contributed by atoms with Gasteiger partial charge in [0.15, 0.2) is 6.73 Å². The highest BCUT2D eigenvalue weighted by Gasteiger charge is 2.32. The van der Waals surface area contributed by atoms with Gasteiger partial charge in [0.05, 0.1) is 5.92 Å². The van der Waals surface area contributed by atoms with Crippen LogP contribution >= 0.6 is 0 Å². The summed E-state index contributed by atoms with van der Waals surface area (Å²) in [6.07, 6.45) is 5.48. The number of nitrogens with two attached hydrogens (primary N) is 1. The maximum Gasteiger partial charge on any atom is 0.310 e. The number of hydrogen-bond acceptors (Lipinski definition) is 6. The Morgan fingerprint density at radius 2 is 1.84 bits per heavy atom. The summed E-state index contributed by atoms with van der Waals surface area (Å²) in [7, 11) is 0. The van der Waals surface area contributed by atoms with Gasteiger partial charge >= 0.3 is 11.9 Å². The van der Waals surface area contributed by atoms with Crippen molar-refractivity contribution in [1.29, 1.82) is 0 Å².